The Morgan fingerprint density at radius 1 is 1.26 bits per heavy atom. The van der Waals surface area contributed by atoms with Gasteiger partial charge in [-0.25, -0.2) is 9.78 Å². The Bertz CT molecular complexity index is 424. The number of aromatic nitrogens is 1. The quantitative estimate of drug-likeness (QED) is 0.818. The smallest absolute Gasteiger partial charge is 0.335 e. The SMILES string of the molecule is CCCN(CCC)c1cc(C(=O)O)cc(C(C)C)n1. The third-order valence-corrected chi connectivity index (χ3v) is 2.98. The van der Waals surface area contributed by atoms with Crippen LogP contribution in [0.2, 0.25) is 0 Å². The lowest BCUT2D eigenvalue weighted by Gasteiger charge is -2.24. The molecule has 0 radical (unpaired) electrons. The minimum Gasteiger partial charge on any atom is -0.478 e. The van der Waals surface area contributed by atoms with Crippen molar-refractivity contribution in [3.63, 3.8) is 0 Å². The highest BCUT2D eigenvalue weighted by Crippen LogP contribution is 2.21. The Labute approximate surface area is 115 Å². The summed E-state index contributed by atoms with van der Waals surface area (Å²) in [6.07, 6.45) is 2.05. The van der Waals surface area contributed by atoms with E-state index >= 15 is 0 Å². The van der Waals surface area contributed by atoms with E-state index in [1.807, 2.05) is 13.8 Å². The zero-order valence-electron chi connectivity index (χ0n) is 12.3. The van der Waals surface area contributed by atoms with Gasteiger partial charge in [0.2, 0.25) is 0 Å². The minimum atomic E-state index is -0.890. The van der Waals surface area contributed by atoms with Crippen LogP contribution in [0.1, 0.15) is 62.5 Å². The van der Waals surface area contributed by atoms with Crippen molar-refractivity contribution in [2.75, 3.05) is 18.0 Å². The molecule has 0 aliphatic carbocycles. The van der Waals surface area contributed by atoms with Crippen LogP contribution in [0.3, 0.4) is 0 Å². The summed E-state index contributed by atoms with van der Waals surface area (Å²) in [5.74, 6) is 0.119. The first-order chi connectivity index (χ1) is 8.99. The van der Waals surface area contributed by atoms with Gasteiger partial charge in [0.25, 0.3) is 0 Å². The van der Waals surface area contributed by atoms with Crippen molar-refractivity contribution in [1.29, 1.82) is 0 Å². The predicted octanol–water partition coefficient (Wildman–Crippen LogP) is 3.53. The lowest BCUT2D eigenvalue weighted by atomic mass is 10.1. The summed E-state index contributed by atoms with van der Waals surface area (Å²) in [5, 5.41) is 9.21. The van der Waals surface area contributed by atoms with E-state index in [-0.39, 0.29) is 5.92 Å². The second-order valence-electron chi connectivity index (χ2n) is 5.09. The van der Waals surface area contributed by atoms with Crippen LogP contribution in [-0.2, 0) is 0 Å². The summed E-state index contributed by atoms with van der Waals surface area (Å²) < 4.78 is 0. The molecule has 0 saturated carbocycles. The maximum Gasteiger partial charge on any atom is 0.335 e. The molecule has 1 aromatic heterocycles. The van der Waals surface area contributed by atoms with Gasteiger partial charge < -0.3 is 10.0 Å². The van der Waals surface area contributed by atoms with E-state index in [1.54, 1.807) is 12.1 Å². The van der Waals surface area contributed by atoms with Gasteiger partial charge in [-0.2, -0.15) is 0 Å². The molecule has 1 heterocycles. The molecule has 0 saturated heterocycles. The highest BCUT2D eigenvalue weighted by atomic mass is 16.4. The number of anilines is 1. The van der Waals surface area contributed by atoms with E-state index in [1.165, 1.54) is 0 Å². The van der Waals surface area contributed by atoms with Gasteiger partial charge >= 0.3 is 5.97 Å². The van der Waals surface area contributed by atoms with Crippen molar-refractivity contribution in [1.82, 2.24) is 4.98 Å². The molecule has 1 N–H and O–H groups in total. The summed E-state index contributed by atoms with van der Waals surface area (Å²) in [6, 6.07) is 3.35. The van der Waals surface area contributed by atoms with Crippen LogP contribution in [-0.4, -0.2) is 29.1 Å². The van der Waals surface area contributed by atoms with Crippen LogP contribution in [0.5, 0.6) is 0 Å². The normalized spacial score (nSPS) is 10.8. The number of aromatic carboxylic acids is 1. The van der Waals surface area contributed by atoms with Crippen LogP contribution < -0.4 is 4.90 Å². The number of pyridine rings is 1. The molecule has 4 nitrogen and oxygen atoms in total. The lowest BCUT2D eigenvalue weighted by Crippen LogP contribution is -2.26. The molecule has 0 unspecified atom stereocenters. The number of carbonyl (C=O) groups is 1. The fourth-order valence-corrected chi connectivity index (χ4v) is 2.00. The van der Waals surface area contributed by atoms with Gasteiger partial charge in [0, 0.05) is 18.8 Å². The van der Waals surface area contributed by atoms with E-state index in [2.05, 4.69) is 23.7 Å². The van der Waals surface area contributed by atoms with E-state index in [0.717, 1.165) is 37.4 Å². The zero-order valence-corrected chi connectivity index (χ0v) is 12.3. The van der Waals surface area contributed by atoms with Crippen LogP contribution in [0, 0.1) is 0 Å². The van der Waals surface area contributed by atoms with Crippen LogP contribution >= 0.6 is 0 Å². The standard InChI is InChI=1S/C15H24N2O2/c1-5-7-17(8-6-2)14-10-12(15(18)19)9-13(16-14)11(3)4/h9-11H,5-8H2,1-4H3,(H,18,19). The first kappa shape index (κ1) is 15.5. The zero-order chi connectivity index (χ0) is 14.4. The van der Waals surface area contributed by atoms with Crippen molar-refractivity contribution in [2.24, 2.45) is 0 Å². The Hall–Kier alpha value is -1.58. The average molecular weight is 264 g/mol. The molecule has 4 heteroatoms. The molecule has 1 aromatic rings. The molecule has 0 bridgehead atoms. The van der Waals surface area contributed by atoms with Gasteiger partial charge in [-0.1, -0.05) is 27.7 Å². The molecule has 0 aliphatic heterocycles. The summed E-state index contributed by atoms with van der Waals surface area (Å²) in [6.45, 7) is 10.1. The van der Waals surface area contributed by atoms with Gasteiger partial charge in [0.05, 0.1) is 5.56 Å². The third kappa shape index (κ3) is 4.23. The molecule has 19 heavy (non-hydrogen) atoms. The van der Waals surface area contributed by atoms with Crippen molar-refractivity contribution in [2.45, 2.75) is 46.5 Å². The minimum absolute atomic E-state index is 0.225. The van der Waals surface area contributed by atoms with Gasteiger partial charge in [-0.05, 0) is 30.9 Å². The summed E-state index contributed by atoms with van der Waals surface area (Å²) in [4.78, 5) is 18.0. The van der Waals surface area contributed by atoms with Crippen molar-refractivity contribution in [3.8, 4) is 0 Å². The van der Waals surface area contributed by atoms with E-state index < -0.39 is 5.97 Å². The Morgan fingerprint density at radius 3 is 2.26 bits per heavy atom. The number of carboxylic acids is 1. The van der Waals surface area contributed by atoms with Crippen molar-refractivity contribution < 1.29 is 9.90 Å². The maximum absolute atomic E-state index is 11.2. The molecule has 106 valence electrons. The number of hydrogen-bond donors (Lipinski definition) is 1. The van der Waals surface area contributed by atoms with E-state index in [9.17, 15) is 9.90 Å². The molecule has 1 rings (SSSR count). The van der Waals surface area contributed by atoms with Gasteiger partial charge in [0.15, 0.2) is 0 Å². The maximum atomic E-state index is 11.2. The Morgan fingerprint density at radius 2 is 1.84 bits per heavy atom. The summed E-state index contributed by atoms with van der Waals surface area (Å²) in [7, 11) is 0. The highest BCUT2D eigenvalue weighted by Gasteiger charge is 2.14. The van der Waals surface area contributed by atoms with Crippen LogP contribution in [0.4, 0.5) is 5.82 Å². The number of rotatable bonds is 7. The molecule has 0 aliphatic rings. The first-order valence-corrected chi connectivity index (χ1v) is 6.99. The predicted molar refractivity (Wildman–Crippen MR) is 78.1 cm³/mol. The lowest BCUT2D eigenvalue weighted by molar-refractivity contribution is 0.0696. The number of nitrogens with zero attached hydrogens (tertiary/aromatic N) is 2. The van der Waals surface area contributed by atoms with Crippen molar-refractivity contribution >= 4 is 11.8 Å². The Kier molecular flexibility index (Phi) is 5.80. The third-order valence-electron chi connectivity index (χ3n) is 2.98. The fraction of sp³-hybridized carbons (Fsp3) is 0.600. The Balaban J connectivity index is 3.19. The van der Waals surface area contributed by atoms with Gasteiger partial charge in [-0.15, -0.1) is 0 Å². The van der Waals surface area contributed by atoms with E-state index in [0.29, 0.717) is 5.56 Å². The second-order valence-corrected chi connectivity index (χ2v) is 5.09. The van der Waals surface area contributed by atoms with Gasteiger partial charge in [-0.3, -0.25) is 0 Å². The molecule has 0 spiro atoms. The largest absolute Gasteiger partial charge is 0.478 e. The highest BCUT2D eigenvalue weighted by molar-refractivity contribution is 5.88. The monoisotopic (exact) mass is 264 g/mol. The summed E-state index contributed by atoms with van der Waals surface area (Å²) in [5.41, 5.74) is 1.16. The van der Waals surface area contributed by atoms with Crippen molar-refractivity contribution in [3.05, 3.63) is 23.4 Å². The average Bonchev–Trinajstić information content (AvgIpc) is 2.37. The fourth-order valence-electron chi connectivity index (χ4n) is 2.00. The number of carboxylic acid groups (broad SMARTS) is 1. The molecule has 0 atom stereocenters. The van der Waals surface area contributed by atoms with Gasteiger partial charge in [0.1, 0.15) is 5.82 Å². The molecule has 0 amide bonds. The molecular formula is C15H24N2O2. The molecular weight excluding hydrogens is 240 g/mol. The topological polar surface area (TPSA) is 53.4 Å². The second kappa shape index (κ2) is 7.12. The van der Waals surface area contributed by atoms with Crippen LogP contribution in [0.25, 0.3) is 0 Å². The van der Waals surface area contributed by atoms with Crippen LogP contribution in [0.15, 0.2) is 12.1 Å². The first-order valence-electron chi connectivity index (χ1n) is 6.99. The number of hydrogen-bond acceptors (Lipinski definition) is 3. The summed E-state index contributed by atoms with van der Waals surface area (Å²) >= 11 is 0. The van der Waals surface area contributed by atoms with E-state index in [4.69, 9.17) is 0 Å². The molecule has 0 fully saturated rings. The molecule has 0 aromatic carbocycles.